The van der Waals surface area contributed by atoms with Crippen molar-refractivity contribution in [2.45, 2.75) is 33.2 Å². The quantitative estimate of drug-likeness (QED) is 0.697. The minimum Gasteiger partial charge on any atom is -0.380 e. The largest absolute Gasteiger partial charge is 0.380 e. The van der Waals surface area contributed by atoms with Gasteiger partial charge >= 0.3 is 0 Å². The first-order valence-electron chi connectivity index (χ1n) is 6.60. The molecule has 0 saturated heterocycles. The maximum atomic E-state index is 5.56. The van der Waals surface area contributed by atoms with E-state index in [1.54, 1.807) is 0 Å². The van der Waals surface area contributed by atoms with Gasteiger partial charge < -0.3 is 10.1 Å². The van der Waals surface area contributed by atoms with Crippen LogP contribution < -0.4 is 5.32 Å². The highest BCUT2D eigenvalue weighted by Crippen LogP contribution is 2.15. The maximum absolute atomic E-state index is 5.56. The van der Waals surface area contributed by atoms with E-state index in [1.807, 2.05) is 0 Å². The molecule has 96 valence electrons. The Kier molecular flexibility index (Phi) is 6.90. The molecular formula is C15H25NO. The Morgan fingerprint density at radius 2 is 1.88 bits per heavy atom. The highest BCUT2D eigenvalue weighted by atomic mass is 16.5. The van der Waals surface area contributed by atoms with Gasteiger partial charge in [-0.3, -0.25) is 0 Å². The van der Waals surface area contributed by atoms with Crippen LogP contribution in [0.2, 0.25) is 0 Å². The van der Waals surface area contributed by atoms with Crippen molar-refractivity contribution in [1.29, 1.82) is 0 Å². The zero-order chi connectivity index (χ0) is 12.5. The van der Waals surface area contributed by atoms with Crippen LogP contribution in [0.25, 0.3) is 0 Å². The lowest BCUT2D eigenvalue weighted by molar-refractivity contribution is 0.110. The van der Waals surface area contributed by atoms with Crippen LogP contribution in [0, 0.1) is 5.92 Å². The molecule has 1 unspecified atom stereocenters. The number of hydrogen-bond acceptors (Lipinski definition) is 2. The molecule has 1 N–H and O–H groups in total. The summed E-state index contributed by atoms with van der Waals surface area (Å²) in [6, 6.07) is 11.0. The summed E-state index contributed by atoms with van der Waals surface area (Å²) in [6.07, 6.45) is 1.11. The van der Waals surface area contributed by atoms with Gasteiger partial charge in [-0.1, -0.05) is 51.1 Å². The van der Waals surface area contributed by atoms with Crippen molar-refractivity contribution in [1.82, 2.24) is 5.32 Å². The van der Waals surface area contributed by atoms with E-state index in [4.69, 9.17) is 4.74 Å². The molecule has 17 heavy (non-hydrogen) atoms. The molecule has 2 nitrogen and oxygen atoms in total. The topological polar surface area (TPSA) is 21.3 Å². The van der Waals surface area contributed by atoms with Gasteiger partial charge in [0.15, 0.2) is 0 Å². The monoisotopic (exact) mass is 235 g/mol. The lowest BCUT2D eigenvalue weighted by Gasteiger charge is -2.17. The third kappa shape index (κ3) is 5.85. The minimum atomic E-state index is 0.443. The zero-order valence-electron chi connectivity index (χ0n) is 11.3. The number of nitrogens with one attached hydrogen (secondary N) is 1. The second-order valence-electron chi connectivity index (χ2n) is 4.79. The van der Waals surface area contributed by atoms with Crippen molar-refractivity contribution < 1.29 is 4.74 Å². The number of rotatable bonds is 8. The van der Waals surface area contributed by atoms with E-state index in [-0.39, 0.29) is 0 Å². The van der Waals surface area contributed by atoms with Crippen LogP contribution in [-0.2, 0) is 4.74 Å². The van der Waals surface area contributed by atoms with Gasteiger partial charge in [0.25, 0.3) is 0 Å². The lowest BCUT2D eigenvalue weighted by Crippen LogP contribution is -2.25. The second kappa shape index (κ2) is 8.26. The van der Waals surface area contributed by atoms with E-state index in [2.05, 4.69) is 56.4 Å². The van der Waals surface area contributed by atoms with Crippen LogP contribution in [0.4, 0.5) is 0 Å². The van der Waals surface area contributed by atoms with E-state index < -0.39 is 0 Å². The fourth-order valence-electron chi connectivity index (χ4n) is 1.81. The van der Waals surface area contributed by atoms with Gasteiger partial charge in [-0.15, -0.1) is 0 Å². The second-order valence-corrected chi connectivity index (χ2v) is 4.79. The number of ether oxygens (including phenoxy) is 1. The number of hydrogen-bond donors (Lipinski definition) is 1. The summed E-state index contributed by atoms with van der Waals surface area (Å²) in [5.74, 6) is 0.617. The van der Waals surface area contributed by atoms with E-state index in [9.17, 15) is 0 Å². The van der Waals surface area contributed by atoms with E-state index in [0.29, 0.717) is 12.0 Å². The molecule has 0 bridgehead atoms. The average Bonchev–Trinajstić information content (AvgIpc) is 2.34. The zero-order valence-corrected chi connectivity index (χ0v) is 11.3. The maximum Gasteiger partial charge on any atom is 0.0591 e. The summed E-state index contributed by atoms with van der Waals surface area (Å²) in [5.41, 5.74) is 1.36. The first kappa shape index (κ1) is 14.2. The number of benzene rings is 1. The summed E-state index contributed by atoms with van der Waals surface area (Å²) in [7, 11) is 0. The van der Waals surface area contributed by atoms with Gasteiger partial charge in [0.2, 0.25) is 0 Å². The molecule has 1 aromatic rings. The predicted octanol–water partition coefficient (Wildman–Crippen LogP) is 3.40. The van der Waals surface area contributed by atoms with E-state index in [1.165, 1.54) is 5.56 Å². The molecule has 0 aliphatic heterocycles. The minimum absolute atomic E-state index is 0.443. The lowest BCUT2D eigenvalue weighted by atomic mass is 10.1. The SMILES string of the molecule is CCC(NCCOCC(C)C)c1ccccc1. The van der Waals surface area contributed by atoms with Gasteiger partial charge in [0.1, 0.15) is 0 Å². The first-order valence-corrected chi connectivity index (χ1v) is 6.60. The Morgan fingerprint density at radius 1 is 1.18 bits per heavy atom. The van der Waals surface area contributed by atoms with Crippen molar-refractivity contribution in [3.63, 3.8) is 0 Å². The fraction of sp³-hybridized carbons (Fsp3) is 0.600. The van der Waals surface area contributed by atoms with Crippen LogP contribution in [0.5, 0.6) is 0 Å². The van der Waals surface area contributed by atoms with Crippen molar-refractivity contribution >= 4 is 0 Å². The van der Waals surface area contributed by atoms with Gasteiger partial charge in [0, 0.05) is 19.2 Å². The van der Waals surface area contributed by atoms with Crippen molar-refractivity contribution in [2.75, 3.05) is 19.8 Å². The summed E-state index contributed by atoms with van der Waals surface area (Å²) in [6.45, 7) is 9.11. The molecule has 0 radical (unpaired) electrons. The van der Waals surface area contributed by atoms with Crippen LogP contribution >= 0.6 is 0 Å². The molecule has 1 rings (SSSR count). The van der Waals surface area contributed by atoms with Crippen molar-refractivity contribution in [2.24, 2.45) is 5.92 Å². The van der Waals surface area contributed by atoms with Crippen LogP contribution in [0.15, 0.2) is 30.3 Å². The molecule has 0 aromatic heterocycles. The van der Waals surface area contributed by atoms with Crippen LogP contribution in [0.3, 0.4) is 0 Å². The Labute approximate surface area is 105 Å². The third-order valence-corrected chi connectivity index (χ3v) is 2.70. The van der Waals surface area contributed by atoms with E-state index >= 15 is 0 Å². The Balaban J connectivity index is 2.24. The summed E-state index contributed by atoms with van der Waals surface area (Å²) in [4.78, 5) is 0. The van der Waals surface area contributed by atoms with Gasteiger partial charge in [0.05, 0.1) is 6.61 Å². The molecule has 2 heteroatoms. The van der Waals surface area contributed by atoms with E-state index in [0.717, 1.165) is 26.2 Å². The Hall–Kier alpha value is -0.860. The molecule has 1 atom stereocenters. The Bertz CT molecular complexity index is 284. The summed E-state index contributed by atoms with van der Waals surface area (Å²) >= 11 is 0. The molecule has 0 aliphatic carbocycles. The average molecular weight is 235 g/mol. The van der Waals surface area contributed by atoms with Crippen LogP contribution in [0.1, 0.15) is 38.8 Å². The molecule has 0 heterocycles. The normalized spacial score (nSPS) is 12.9. The Morgan fingerprint density at radius 3 is 2.47 bits per heavy atom. The molecular weight excluding hydrogens is 210 g/mol. The highest BCUT2D eigenvalue weighted by Gasteiger charge is 2.06. The van der Waals surface area contributed by atoms with Crippen LogP contribution in [-0.4, -0.2) is 19.8 Å². The summed E-state index contributed by atoms with van der Waals surface area (Å²) in [5, 5.41) is 3.53. The van der Waals surface area contributed by atoms with Gasteiger partial charge in [-0.25, -0.2) is 0 Å². The highest BCUT2D eigenvalue weighted by molar-refractivity contribution is 5.18. The smallest absolute Gasteiger partial charge is 0.0591 e. The molecule has 0 amide bonds. The molecule has 0 fully saturated rings. The molecule has 0 aliphatic rings. The van der Waals surface area contributed by atoms with Gasteiger partial charge in [-0.05, 0) is 17.9 Å². The summed E-state index contributed by atoms with van der Waals surface area (Å²) < 4.78 is 5.56. The standard InChI is InChI=1S/C15H25NO/c1-4-15(14-8-6-5-7-9-14)16-10-11-17-12-13(2)3/h5-9,13,15-16H,4,10-12H2,1-3H3. The first-order chi connectivity index (χ1) is 8.24. The van der Waals surface area contributed by atoms with Crippen molar-refractivity contribution in [3.8, 4) is 0 Å². The van der Waals surface area contributed by atoms with Crippen molar-refractivity contribution in [3.05, 3.63) is 35.9 Å². The third-order valence-electron chi connectivity index (χ3n) is 2.70. The van der Waals surface area contributed by atoms with Gasteiger partial charge in [-0.2, -0.15) is 0 Å². The fourth-order valence-corrected chi connectivity index (χ4v) is 1.81. The molecule has 1 aromatic carbocycles. The molecule has 0 saturated carbocycles. The predicted molar refractivity (Wildman–Crippen MR) is 73.1 cm³/mol. The molecule has 0 spiro atoms.